The molecule has 1 atom stereocenters. The summed E-state index contributed by atoms with van der Waals surface area (Å²) in [5, 5.41) is 16.8. The number of carbonyl (C=O) groups is 1. The van der Waals surface area contributed by atoms with Gasteiger partial charge in [0, 0.05) is 5.57 Å². The molecule has 1 aliphatic carbocycles. The number of hydrogen-bond donors (Lipinski definition) is 1. The molecular formula is C7H7NO2. The Kier molecular flexibility index (Phi) is 1.72. The summed E-state index contributed by atoms with van der Waals surface area (Å²) in [5.41, 5.74) is 0.381. The normalized spacial score (nSPS) is 23.5. The third-order valence-corrected chi connectivity index (χ3v) is 1.57. The lowest BCUT2D eigenvalue weighted by Gasteiger charge is -1.93. The number of rotatable bonds is 1. The predicted octanol–water partition coefficient (Wildman–Crippen LogP) is 0.931. The third-order valence-electron chi connectivity index (χ3n) is 1.57. The van der Waals surface area contributed by atoms with Crippen LogP contribution in [0.3, 0.4) is 0 Å². The molecule has 0 saturated carbocycles. The van der Waals surface area contributed by atoms with Gasteiger partial charge in [0.1, 0.15) is 0 Å². The lowest BCUT2D eigenvalue weighted by atomic mass is 10.1. The number of nitrogens with zero attached hydrogens (tertiary/aromatic N) is 1. The van der Waals surface area contributed by atoms with Gasteiger partial charge in [0.2, 0.25) is 0 Å². The molecular weight excluding hydrogens is 130 g/mol. The maximum atomic E-state index is 10.3. The Morgan fingerprint density at radius 1 is 1.90 bits per heavy atom. The van der Waals surface area contributed by atoms with E-state index in [4.69, 9.17) is 10.4 Å². The molecule has 3 nitrogen and oxygen atoms in total. The molecule has 0 radical (unpaired) electrons. The standard InChI is InChI=1S/C7H7NO2/c8-4-5-1-2-6(3-5)7(9)10/h2,5H,1,3H2,(H,9,10). The van der Waals surface area contributed by atoms with Crippen LogP contribution in [-0.2, 0) is 4.79 Å². The van der Waals surface area contributed by atoms with Gasteiger partial charge in [-0.2, -0.15) is 5.26 Å². The Morgan fingerprint density at radius 2 is 2.60 bits per heavy atom. The van der Waals surface area contributed by atoms with Gasteiger partial charge >= 0.3 is 5.97 Å². The van der Waals surface area contributed by atoms with Crippen molar-refractivity contribution in [2.75, 3.05) is 0 Å². The van der Waals surface area contributed by atoms with Gasteiger partial charge in [-0.25, -0.2) is 4.79 Å². The van der Waals surface area contributed by atoms with Crippen LogP contribution in [0.25, 0.3) is 0 Å². The Labute approximate surface area is 58.6 Å². The van der Waals surface area contributed by atoms with E-state index < -0.39 is 5.97 Å². The minimum atomic E-state index is -0.891. The first-order valence-corrected chi connectivity index (χ1v) is 3.06. The highest BCUT2D eigenvalue weighted by molar-refractivity contribution is 5.87. The van der Waals surface area contributed by atoms with Crippen LogP contribution in [0.1, 0.15) is 12.8 Å². The predicted molar refractivity (Wildman–Crippen MR) is 34.1 cm³/mol. The van der Waals surface area contributed by atoms with E-state index in [-0.39, 0.29) is 5.92 Å². The number of carboxylic acid groups (broad SMARTS) is 1. The maximum Gasteiger partial charge on any atom is 0.331 e. The fourth-order valence-corrected chi connectivity index (χ4v) is 0.990. The van der Waals surface area contributed by atoms with Crippen LogP contribution < -0.4 is 0 Å². The quantitative estimate of drug-likeness (QED) is 0.584. The third kappa shape index (κ3) is 1.16. The average molecular weight is 137 g/mol. The fourth-order valence-electron chi connectivity index (χ4n) is 0.990. The molecule has 1 N–H and O–H groups in total. The van der Waals surface area contributed by atoms with Crippen molar-refractivity contribution in [2.24, 2.45) is 5.92 Å². The second kappa shape index (κ2) is 2.53. The van der Waals surface area contributed by atoms with Gasteiger partial charge in [0.05, 0.1) is 12.0 Å². The smallest absolute Gasteiger partial charge is 0.331 e. The Bertz CT molecular complexity index is 224. The summed E-state index contributed by atoms with van der Waals surface area (Å²) in [6.07, 6.45) is 2.63. The molecule has 0 saturated heterocycles. The summed E-state index contributed by atoms with van der Waals surface area (Å²) < 4.78 is 0. The second-order valence-corrected chi connectivity index (χ2v) is 2.30. The molecule has 10 heavy (non-hydrogen) atoms. The van der Waals surface area contributed by atoms with Crippen LogP contribution in [-0.4, -0.2) is 11.1 Å². The molecule has 1 aliphatic rings. The highest BCUT2D eigenvalue weighted by Crippen LogP contribution is 2.23. The zero-order valence-electron chi connectivity index (χ0n) is 5.37. The van der Waals surface area contributed by atoms with Crippen LogP contribution in [0, 0.1) is 17.2 Å². The van der Waals surface area contributed by atoms with Crippen LogP contribution in [0.15, 0.2) is 11.6 Å². The van der Waals surface area contributed by atoms with E-state index in [1.807, 2.05) is 6.07 Å². The Morgan fingerprint density at radius 3 is 2.90 bits per heavy atom. The minimum absolute atomic E-state index is 0.105. The van der Waals surface area contributed by atoms with Gasteiger partial charge in [0.15, 0.2) is 0 Å². The summed E-state index contributed by atoms with van der Waals surface area (Å²) in [4.78, 5) is 10.3. The Hall–Kier alpha value is -1.30. The van der Waals surface area contributed by atoms with Crippen LogP contribution in [0.5, 0.6) is 0 Å². The summed E-state index contributed by atoms with van der Waals surface area (Å²) in [5.74, 6) is -0.996. The number of hydrogen-bond acceptors (Lipinski definition) is 2. The fraction of sp³-hybridized carbons (Fsp3) is 0.429. The van der Waals surface area contributed by atoms with Crippen molar-refractivity contribution in [3.63, 3.8) is 0 Å². The van der Waals surface area contributed by atoms with Crippen LogP contribution in [0.2, 0.25) is 0 Å². The molecule has 0 bridgehead atoms. The van der Waals surface area contributed by atoms with Crippen LogP contribution in [0.4, 0.5) is 0 Å². The van der Waals surface area contributed by atoms with E-state index in [0.29, 0.717) is 18.4 Å². The van der Waals surface area contributed by atoms with Crippen LogP contribution >= 0.6 is 0 Å². The Balaban J connectivity index is 2.57. The lowest BCUT2D eigenvalue weighted by molar-refractivity contribution is -0.132. The number of nitriles is 1. The zero-order chi connectivity index (χ0) is 7.56. The molecule has 1 rings (SSSR count). The molecule has 0 aromatic carbocycles. The van der Waals surface area contributed by atoms with E-state index in [0.717, 1.165) is 0 Å². The molecule has 0 spiro atoms. The molecule has 3 heteroatoms. The molecule has 0 heterocycles. The van der Waals surface area contributed by atoms with Gasteiger partial charge in [-0.1, -0.05) is 6.08 Å². The van der Waals surface area contributed by atoms with Crippen molar-refractivity contribution in [2.45, 2.75) is 12.8 Å². The highest BCUT2D eigenvalue weighted by atomic mass is 16.4. The van der Waals surface area contributed by atoms with Gasteiger partial charge in [0.25, 0.3) is 0 Å². The lowest BCUT2D eigenvalue weighted by Crippen LogP contribution is -1.99. The van der Waals surface area contributed by atoms with Gasteiger partial charge in [-0.15, -0.1) is 0 Å². The molecule has 52 valence electrons. The maximum absolute atomic E-state index is 10.3. The number of allylic oxidation sites excluding steroid dienone is 1. The molecule has 1 unspecified atom stereocenters. The molecule has 0 aliphatic heterocycles. The first-order chi connectivity index (χ1) is 4.74. The SMILES string of the molecule is N#CC1CC=C(C(=O)O)C1. The number of aliphatic carboxylic acids is 1. The van der Waals surface area contributed by atoms with Crippen molar-refractivity contribution in [1.82, 2.24) is 0 Å². The van der Waals surface area contributed by atoms with Crippen molar-refractivity contribution in [3.05, 3.63) is 11.6 Å². The van der Waals surface area contributed by atoms with Gasteiger partial charge in [-0.05, 0) is 12.8 Å². The molecule has 0 aromatic rings. The number of carboxylic acids is 1. The molecule has 0 amide bonds. The first kappa shape index (κ1) is 6.81. The molecule has 0 fully saturated rings. The summed E-state index contributed by atoms with van der Waals surface area (Å²) >= 11 is 0. The minimum Gasteiger partial charge on any atom is -0.478 e. The first-order valence-electron chi connectivity index (χ1n) is 3.06. The molecule has 0 aromatic heterocycles. The second-order valence-electron chi connectivity index (χ2n) is 2.30. The van der Waals surface area contributed by atoms with E-state index >= 15 is 0 Å². The van der Waals surface area contributed by atoms with Crippen molar-refractivity contribution in [3.8, 4) is 6.07 Å². The van der Waals surface area contributed by atoms with Crippen molar-refractivity contribution in [1.29, 1.82) is 5.26 Å². The van der Waals surface area contributed by atoms with Crippen molar-refractivity contribution >= 4 is 5.97 Å². The van der Waals surface area contributed by atoms with E-state index in [1.54, 1.807) is 6.08 Å². The van der Waals surface area contributed by atoms with Gasteiger partial charge in [-0.3, -0.25) is 0 Å². The average Bonchev–Trinajstić information content (AvgIpc) is 2.34. The topological polar surface area (TPSA) is 61.1 Å². The monoisotopic (exact) mass is 137 g/mol. The van der Waals surface area contributed by atoms with E-state index in [9.17, 15) is 4.79 Å². The van der Waals surface area contributed by atoms with Gasteiger partial charge < -0.3 is 5.11 Å². The summed E-state index contributed by atoms with van der Waals surface area (Å²) in [7, 11) is 0. The summed E-state index contributed by atoms with van der Waals surface area (Å²) in [6.45, 7) is 0. The van der Waals surface area contributed by atoms with Crippen molar-refractivity contribution < 1.29 is 9.90 Å². The van der Waals surface area contributed by atoms with E-state index in [1.165, 1.54) is 0 Å². The van der Waals surface area contributed by atoms with E-state index in [2.05, 4.69) is 0 Å². The largest absolute Gasteiger partial charge is 0.478 e. The zero-order valence-corrected chi connectivity index (χ0v) is 5.37. The highest BCUT2D eigenvalue weighted by Gasteiger charge is 2.20. The summed E-state index contributed by atoms with van der Waals surface area (Å²) in [6, 6.07) is 2.03.